The Kier molecular flexibility index (Phi) is 7.59. The molecule has 0 saturated carbocycles. The molecule has 2 aromatic carbocycles. The van der Waals surface area contributed by atoms with Crippen molar-refractivity contribution in [3.63, 3.8) is 0 Å². The number of methoxy groups -OCH3 is 1. The Balaban J connectivity index is 1.52. The molecule has 0 aliphatic heterocycles. The average molecular weight is 480 g/mol. The number of nitrogens with one attached hydrogen (secondary N) is 1. The number of benzene rings is 2. The Morgan fingerprint density at radius 1 is 1.06 bits per heavy atom. The van der Waals surface area contributed by atoms with Gasteiger partial charge in [0.25, 0.3) is 0 Å². The van der Waals surface area contributed by atoms with Crippen LogP contribution in [0.4, 0.5) is 5.69 Å². The predicted molar refractivity (Wildman–Crippen MR) is 131 cm³/mol. The van der Waals surface area contributed by atoms with Gasteiger partial charge in [-0.25, -0.2) is 4.98 Å². The normalized spacial score (nSPS) is 10.7. The zero-order chi connectivity index (χ0) is 23.0. The standard InChI is InChI=1S/C24H22ClN5O2S/c1-32-19-11-9-18(10-12-19)23-28-29-24(30(23)15-13-17-6-3-2-4-7-17)33-16-21(31)27-20-8-5-14-26-22(20)25/h2-12,14H,13,15-16H2,1H3,(H,27,31). The molecule has 0 atom stereocenters. The number of aromatic nitrogens is 4. The third kappa shape index (κ3) is 5.91. The van der Waals surface area contributed by atoms with Crippen molar-refractivity contribution in [3.05, 3.63) is 83.6 Å². The second-order valence-corrected chi connectivity index (χ2v) is 8.40. The molecule has 0 fully saturated rings. The highest BCUT2D eigenvalue weighted by Gasteiger charge is 2.16. The maximum Gasteiger partial charge on any atom is 0.234 e. The summed E-state index contributed by atoms with van der Waals surface area (Å²) < 4.78 is 7.31. The smallest absolute Gasteiger partial charge is 0.234 e. The van der Waals surface area contributed by atoms with Crippen LogP contribution in [0.25, 0.3) is 11.4 Å². The molecule has 9 heteroatoms. The quantitative estimate of drug-likeness (QED) is 0.269. The number of nitrogens with zero attached hydrogens (tertiary/aromatic N) is 4. The Morgan fingerprint density at radius 2 is 1.85 bits per heavy atom. The van der Waals surface area contributed by atoms with Gasteiger partial charge in [-0.1, -0.05) is 53.7 Å². The van der Waals surface area contributed by atoms with Crippen LogP contribution in [0, 0.1) is 0 Å². The van der Waals surface area contributed by atoms with Crippen LogP contribution in [0.2, 0.25) is 5.15 Å². The van der Waals surface area contributed by atoms with Gasteiger partial charge in [0.2, 0.25) is 5.91 Å². The largest absolute Gasteiger partial charge is 0.497 e. The fourth-order valence-corrected chi connectivity index (χ4v) is 4.16. The topological polar surface area (TPSA) is 81.9 Å². The van der Waals surface area contributed by atoms with Gasteiger partial charge in [0.15, 0.2) is 16.1 Å². The SMILES string of the molecule is COc1ccc(-c2nnc(SCC(=O)Nc3cccnc3Cl)n2CCc2ccccc2)cc1. The lowest BCUT2D eigenvalue weighted by molar-refractivity contribution is -0.113. The van der Waals surface area contributed by atoms with Crippen molar-refractivity contribution < 1.29 is 9.53 Å². The zero-order valence-corrected chi connectivity index (χ0v) is 19.5. The Hall–Kier alpha value is -3.36. The van der Waals surface area contributed by atoms with Gasteiger partial charge >= 0.3 is 0 Å². The molecule has 0 spiro atoms. The fraction of sp³-hybridized carbons (Fsp3) is 0.167. The van der Waals surface area contributed by atoms with Gasteiger partial charge in [0.1, 0.15) is 5.75 Å². The minimum atomic E-state index is -0.196. The van der Waals surface area contributed by atoms with Gasteiger partial charge < -0.3 is 14.6 Å². The second kappa shape index (κ2) is 11.0. The number of hydrogen-bond donors (Lipinski definition) is 1. The first-order chi connectivity index (χ1) is 16.1. The summed E-state index contributed by atoms with van der Waals surface area (Å²) in [5, 5.41) is 12.5. The van der Waals surface area contributed by atoms with Gasteiger partial charge in [-0.3, -0.25) is 4.79 Å². The Labute approximate surface area is 201 Å². The van der Waals surface area contributed by atoms with Crippen LogP contribution in [0.1, 0.15) is 5.56 Å². The van der Waals surface area contributed by atoms with E-state index in [4.69, 9.17) is 16.3 Å². The summed E-state index contributed by atoms with van der Waals surface area (Å²) in [6.45, 7) is 0.677. The van der Waals surface area contributed by atoms with Gasteiger partial charge in [-0.2, -0.15) is 0 Å². The molecule has 0 saturated heterocycles. The van der Waals surface area contributed by atoms with Crippen molar-refractivity contribution in [1.82, 2.24) is 19.7 Å². The average Bonchev–Trinajstić information content (AvgIpc) is 3.26. The molecule has 1 N–H and O–H groups in total. The molecule has 168 valence electrons. The van der Waals surface area contributed by atoms with Gasteiger partial charge in [0, 0.05) is 18.3 Å². The molecule has 7 nitrogen and oxygen atoms in total. The van der Waals surface area contributed by atoms with Crippen molar-refractivity contribution >= 4 is 35.0 Å². The third-order valence-corrected chi connectivity index (χ3v) is 6.17. The van der Waals surface area contributed by atoms with Crippen LogP contribution < -0.4 is 10.1 Å². The summed E-state index contributed by atoms with van der Waals surface area (Å²) in [5.41, 5.74) is 2.62. The third-order valence-electron chi connectivity index (χ3n) is 4.90. The van der Waals surface area contributed by atoms with Crippen LogP contribution >= 0.6 is 23.4 Å². The molecule has 1 amide bonds. The van der Waals surface area contributed by atoms with Crippen LogP contribution in [-0.2, 0) is 17.8 Å². The number of rotatable bonds is 9. The molecule has 4 rings (SSSR count). The Morgan fingerprint density at radius 3 is 2.58 bits per heavy atom. The molecule has 0 aliphatic rings. The lowest BCUT2D eigenvalue weighted by Crippen LogP contribution is -2.15. The molecule has 2 aromatic heterocycles. The molecule has 33 heavy (non-hydrogen) atoms. The number of hydrogen-bond acceptors (Lipinski definition) is 6. The van der Waals surface area contributed by atoms with E-state index in [2.05, 4.69) is 32.6 Å². The van der Waals surface area contributed by atoms with Crippen LogP contribution in [-0.4, -0.2) is 38.5 Å². The molecular formula is C24H22ClN5O2S. The van der Waals surface area contributed by atoms with Crippen molar-refractivity contribution in [2.24, 2.45) is 0 Å². The summed E-state index contributed by atoms with van der Waals surface area (Å²) in [4.78, 5) is 16.5. The highest BCUT2D eigenvalue weighted by molar-refractivity contribution is 7.99. The highest BCUT2D eigenvalue weighted by Crippen LogP contribution is 2.26. The second-order valence-electron chi connectivity index (χ2n) is 7.10. The van der Waals surface area contributed by atoms with Crippen molar-refractivity contribution in [2.75, 3.05) is 18.2 Å². The Bertz CT molecular complexity index is 1220. The van der Waals surface area contributed by atoms with E-state index in [0.29, 0.717) is 17.4 Å². The van der Waals surface area contributed by atoms with Gasteiger partial charge in [-0.05, 0) is 48.4 Å². The van der Waals surface area contributed by atoms with Gasteiger partial charge in [-0.15, -0.1) is 10.2 Å². The van der Waals surface area contributed by atoms with E-state index in [0.717, 1.165) is 23.6 Å². The van der Waals surface area contributed by atoms with Crippen LogP contribution in [0.15, 0.2) is 78.1 Å². The number of carbonyl (C=O) groups is 1. The van der Waals surface area contributed by atoms with E-state index in [1.165, 1.54) is 17.3 Å². The van der Waals surface area contributed by atoms with Gasteiger partial charge in [0.05, 0.1) is 18.6 Å². The van der Waals surface area contributed by atoms with Crippen LogP contribution in [0.3, 0.4) is 0 Å². The molecule has 0 bridgehead atoms. The lowest BCUT2D eigenvalue weighted by atomic mass is 10.1. The maximum absolute atomic E-state index is 12.5. The van der Waals surface area contributed by atoms with Crippen molar-refractivity contribution in [1.29, 1.82) is 0 Å². The minimum Gasteiger partial charge on any atom is -0.497 e. The summed E-state index contributed by atoms with van der Waals surface area (Å²) in [5.74, 6) is 1.48. The van der Waals surface area contributed by atoms with E-state index in [1.54, 1.807) is 25.4 Å². The summed E-state index contributed by atoms with van der Waals surface area (Å²) in [6.07, 6.45) is 2.38. The number of pyridine rings is 1. The highest BCUT2D eigenvalue weighted by atomic mass is 35.5. The van der Waals surface area contributed by atoms with Crippen molar-refractivity contribution in [2.45, 2.75) is 18.1 Å². The van der Waals surface area contributed by atoms with E-state index in [-0.39, 0.29) is 16.8 Å². The number of anilines is 1. The number of halogens is 1. The molecule has 2 heterocycles. The van der Waals surface area contributed by atoms with E-state index in [1.807, 2.05) is 47.0 Å². The molecule has 0 aliphatic carbocycles. The minimum absolute atomic E-state index is 0.164. The van der Waals surface area contributed by atoms with Crippen molar-refractivity contribution in [3.8, 4) is 17.1 Å². The molecule has 0 radical (unpaired) electrons. The summed E-state index contributed by atoms with van der Waals surface area (Å²) in [7, 11) is 1.63. The molecule has 4 aromatic rings. The van der Waals surface area contributed by atoms with E-state index >= 15 is 0 Å². The van der Waals surface area contributed by atoms with E-state index < -0.39 is 0 Å². The number of thioether (sulfide) groups is 1. The monoisotopic (exact) mass is 479 g/mol. The first-order valence-electron chi connectivity index (χ1n) is 10.3. The lowest BCUT2D eigenvalue weighted by Gasteiger charge is -2.11. The molecule has 0 unspecified atom stereocenters. The number of carbonyl (C=O) groups excluding carboxylic acids is 1. The zero-order valence-electron chi connectivity index (χ0n) is 17.9. The number of aryl methyl sites for hydroxylation is 1. The summed E-state index contributed by atoms with van der Waals surface area (Å²) >= 11 is 7.36. The van der Waals surface area contributed by atoms with Crippen LogP contribution in [0.5, 0.6) is 5.75 Å². The number of amides is 1. The maximum atomic E-state index is 12.5. The fourth-order valence-electron chi connectivity index (χ4n) is 3.23. The first kappa shape index (κ1) is 22.8. The first-order valence-corrected chi connectivity index (χ1v) is 11.6. The van der Waals surface area contributed by atoms with E-state index in [9.17, 15) is 4.79 Å². The number of ether oxygens (including phenoxy) is 1. The predicted octanol–water partition coefficient (Wildman–Crippen LogP) is 4.98. The molecular weight excluding hydrogens is 458 g/mol. The summed E-state index contributed by atoms with van der Waals surface area (Å²) in [6, 6.07) is 21.3.